The van der Waals surface area contributed by atoms with Crippen molar-refractivity contribution in [2.75, 3.05) is 6.61 Å². The molecule has 0 fully saturated rings. The van der Waals surface area contributed by atoms with E-state index >= 15 is 4.79 Å². The van der Waals surface area contributed by atoms with Gasteiger partial charge in [0.2, 0.25) is 0 Å². The molecule has 0 bridgehead atoms. The van der Waals surface area contributed by atoms with E-state index in [1.165, 1.54) is 11.5 Å². The normalized spacial score (nSPS) is 11.2. The summed E-state index contributed by atoms with van der Waals surface area (Å²) in [6, 6.07) is 55.8. The van der Waals surface area contributed by atoms with Gasteiger partial charge in [-0.05, 0) is 40.3 Å². The number of benzene rings is 6. The van der Waals surface area contributed by atoms with Crippen LogP contribution in [0.3, 0.4) is 0 Å². The number of hydrogen-bond acceptors (Lipinski definition) is 6. The molecule has 0 unspecified atom stereocenters. The smallest absolute Gasteiger partial charge is 0.350 e. The zero-order chi connectivity index (χ0) is 38.8. The maximum absolute atomic E-state index is 15.8. The minimum atomic E-state index is -1.61. The second kappa shape index (κ2) is 16.7. The third-order valence-electron chi connectivity index (χ3n) is 9.46. The molecule has 0 saturated heterocycles. The average Bonchev–Trinajstić information content (AvgIpc) is 3.23. The van der Waals surface area contributed by atoms with Gasteiger partial charge in [0.25, 0.3) is 0 Å². The van der Waals surface area contributed by atoms with Gasteiger partial charge in [-0.15, -0.1) is 0 Å². The fraction of sp³-hybridized carbons (Fsp3) is 0.109. The van der Waals surface area contributed by atoms with Crippen LogP contribution in [0.2, 0.25) is 0 Å². The van der Waals surface area contributed by atoms with Gasteiger partial charge in [-0.25, -0.2) is 9.36 Å². The Bertz CT molecular complexity index is 2280. The third kappa shape index (κ3) is 7.03. The van der Waals surface area contributed by atoms with Gasteiger partial charge in [0.1, 0.15) is 11.1 Å². The molecular weight excluding hydrogens is 691 g/mol. The molecule has 0 N–H and O–H groups in total. The molecule has 7 rings (SSSR count). The monoisotopic (exact) mass is 729 g/mol. The second-order valence-electron chi connectivity index (χ2n) is 12.6. The van der Waals surface area contributed by atoms with Crippen molar-refractivity contribution in [3.63, 3.8) is 0 Å². The summed E-state index contributed by atoms with van der Waals surface area (Å²) in [6.45, 7) is 3.65. The van der Waals surface area contributed by atoms with E-state index in [2.05, 4.69) is 4.74 Å². The van der Waals surface area contributed by atoms with Gasteiger partial charge in [-0.2, -0.15) is 0 Å². The first-order chi connectivity index (χ1) is 26.8. The summed E-state index contributed by atoms with van der Waals surface area (Å²) >= 11 is 0. The zero-order valence-corrected chi connectivity index (χ0v) is 30.4. The van der Waals surface area contributed by atoms with E-state index in [1.54, 1.807) is 6.92 Å². The lowest BCUT2D eigenvalue weighted by Gasteiger charge is -2.41. The molecule has 0 amide bonds. The molecule has 6 aromatic carbocycles. The molecule has 0 aliphatic rings. The van der Waals surface area contributed by atoms with Gasteiger partial charge in [-0.3, -0.25) is 24.3 Å². The van der Waals surface area contributed by atoms with Crippen LogP contribution in [-0.4, -0.2) is 26.6 Å². The van der Waals surface area contributed by atoms with Crippen LogP contribution < -0.4 is 11.2 Å². The molecule has 1 heterocycles. The predicted octanol–water partition coefficient (Wildman–Crippen LogP) is 8.17. The maximum atomic E-state index is 15.8. The highest BCUT2D eigenvalue weighted by Crippen LogP contribution is 2.42. The molecule has 9 nitrogen and oxygen atoms in total. The average molecular weight is 730 g/mol. The molecule has 1 aromatic heterocycles. The van der Waals surface area contributed by atoms with E-state index in [0.29, 0.717) is 40.0 Å². The summed E-state index contributed by atoms with van der Waals surface area (Å²) in [4.78, 5) is 52.7. The van der Waals surface area contributed by atoms with Gasteiger partial charge in [0.15, 0.2) is 0 Å². The predicted molar refractivity (Wildman–Crippen MR) is 213 cm³/mol. The molecule has 0 aliphatic carbocycles. The molecule has 0 atom stereocenters. The van der Waals surface area contributed by atoms with Crippen LogP contribution in [0, 0.1) is 10.1 Å². The number of nitrogens with zero attached hydrogens (tertiary/aromatic N) is 3. The Balaban J connectivity index is 0.000000794. The van der Waals surface area contributed by atoms with Crippen molar-refractivity contribution in [3.05, 3.63) is 253 Å². The van der Waals surface area contributed by atoms with Crippen LogP contribution in [0.4, 0.5) is 5.69 Å². The summed E-state index contributed by atoms with van der Waals surface area (Å²) in [6.07, 6.45) is 1.11. The Morgan fingerprint density at radius 2 is 0.855 bits per heavy atom. The first-order valence-electron chi connectivity index (χ1n) is 17.8. The summed E-state index contributed by atoms with van der Waals surface area (Å²) in [5.41, 5.74) is -1.74. The fourth-order valence-electron chi connectivity index (χ4n) is 7.29. The van der Waals surface area contributed by atoms with Crippen molar-refractivity contribution in [2.45, 2.75) is 24.9 Å². The number of hydrogen-bond donors (Lipinski definition) is 0. The lowest BCUT2D eigenvalue weighted by molar-refractivity contribution is -0.387. The standard InChI is InChI=1S/C42H31N3O4.C4H8O2/c46-39-38(45(48)49)31-43(41(32-19-7-1-8-20-32,33-21-9-2-10-22-33)34-23-11-3-12-24-34)40(47)44(39)42(35-25-13-4-14-26-35,36-27-15-5-16-28-36)37-29-17-6-18-30-37;1-3-6-4(2)5/h1-31H;3H2,1-2H3. The van der Waals surface area contributed by atoms with E-state index < -0.39 is 32.9 Å². The van der Waals surface area contributed by atoms with Crippen molar-refractivity contribution in [1.82, 2.24) is 9.13 Å². The van der Waals surface area contributed by atoms with Gasteiger partial charge < -0.3 is 4.74 Å². The SMILES string of the molecule is CCOC(C)=O.O=c1c([N+](=O)[O-])cn(C(c2ccccc2)(c2ccccc2)c2ccccc2)c(=O)n1C(c1ccccc1)(c1ccccc1)c1ccccc1. The van der Waals surface area contributed by atoms with Crippen molar-refractivity contribution in [3.8, 4) is 0 Å². The summed E-state index contributed by atoms with van der Waals surface area (Å²) in [5.74, 6) is -0.211. The van der Waals surface area contributed by atoms with E-state index in [1.807, 2.05) is 182 Å². The number of ether oxygens (including phenoxy) is 1. The van der Waals surface area contributed by atoms with Crippen molar-refractivity contribution in [1.29, 1.82) is 0 Å². The Morgan fingerprint density at radius 1 is 0.564 bits per heavy atom. The van der Waals surface area contributed by atoms with Gasteiger partial charge in [0.05, 0.1) is 17.7 Å². The Labute approximate surface area is 318 Å². The van der Waals surface area contributed by atoms with Gasteiger partial charge in [0, 0.05) is 6.92 Å². The lowest BCUT2D eigenvalue weighted by atomic mass is 9.75. The van der Waals surface area contributed by atoms with Crippen molar-refractivity contribution in [2.24, 2.45) is 0 Å². The van der Waals surface area contributed by atoms with Crippen LogP contribution >= 0.6 is 0 Å². The highest BCUT2D eigenvalue weighted by atomic mass is 16.6. The molecule has 55 heavy (non-hydrogen) atoms. The highest BCUT2D eigenvalue weighted by Gasteiger charge is 2.47. The number of carbonyl (C=O) groups excluding carboxylic acids is 1. The molecule has 0 spiro atoms. The summed E-state index contributed by atoms with van der Waals surface area (Å²) in [5, 5.41) is 13.0. The summed E-state index contributed by atoms with van der Waals surface area (Å²) < 4.78 is 6.85. The Hall–Kier alpha value is -7.13. The molecule has 9 heteroatoms. The van der Waals surface area contributed by atoms with Crippen LogP contribution in [0.25, 0.3) is 0 Å². The first kappa shape index (κ1) is 37.6. The van der Waals surface area contributed by atoms with Crippen LogP contribution in [0.5, 0.6) is 0 Å². The zero-order valence-electron chi connectivity index (χ0n) is 30.4. The molecule has 0 aliphatic heterocycles. The van der Waals surface area contributed by atoms with Crippen molar-refractivity contribution < 1.29 is 14.5 Å². The number of esters is 1. The molecular formula is C46H39N3O6. The lowest BCUT2D eigenvalue weighted by Crippen LogP contribution is -2.57. The molecule has 274 valence electrons. The minimum Gasteiger partial charge on any atom is -0.466 e. The van der Waals surface area contributed by atoms with E-state index in [4.69, 9.17) is 0 Å². The first-order valence-corrected chi connectivity index (χ1v) is 17.8. The third-order valence-corrected chi connectivity index (χ3v) is 9.46. The van der Waals surface area contributed by atoms with E-state index in [-0.39, 0.29) is 5.97 Å². The molecule has 0 radical (unpaired) electrons. The highest BCUT2D eigenvalue weighted by molar-refractivity contribution is 5.65. The Kier molecular flexibility index (Phi) is 11.4. The van der Waals surface area contributed by atoms with Crippen LogP contribution in [0.15, 0.2) is 198 Å². The Morgan fingerprint density at radius 3 is 1.09 bits per heavy atom. The molecule has 0 saturated carbocycles. The number of aromatic nitrogens is 2. The minimum absolute atomic E-state index is 0.211. The molecule has 7 aromatic rings. The second-order valence-corrected chi connectivity index (χ2v) is 12.6. The number of rotatable bonds is 10. The maximum Gasteiger partial charge on any atom is 0.350 e. The van der Waals surface area contributed by atoms with Crippen LogP contribution in [0.1, 0.15) is 47.2 Å². The van der Waals surface area contributed by atoms with Gasteiger partial charge >= 0.3 is 22.9 Å². The largest absolute Gasteiger partial charge is 0.466 e. The fourth-order valence-corrected chi connectivity index (χ4v) is 7.29. The number of nitro groups is 1. The topological polar surface area (TPSA) is 113 Å². The van der Waals surface area contributed by atoms with E-state index in [9.17, 15) is 19.7 Å². The quantitative estimate of drug-likeness (QED) is 0.0608. The van der Waals surface area contributed by atoms with E-state index in [0.717, 1.165) is 10.8 Å². The summed E-state index contributed by atoms with van der Waals surface area (Å²) in [7, 11) is 0. The van der Waals surface area contributed by atoms with Crippen molar-refractivity contribution >= 4 is 11.7 Å². The van der Waals surface area contributed by atoms with Crippen LogP contribution in [-0.2, 0) is 20.6 Å². The van der Waals surface area contributed by atoms with Gasteiger partial charge in [-0.1, -0.05) is 182 Å². The number of carbonyl (C=O) groups is 1.